The monoisotopic (exact) mass is 501 g/mol. The highest BCUT2D eigenvalue weighted by Gasteiger charge is 2.29. The van der Waals surface area contributed by atoms with E-state index in [9.17, 15) is 13.2 Å². The van der Waals surface area contributed by atoms with Gasteiger partial charge in [0.05, 0.1) is 28.8 Å². The Morgan fingerprint density at radius 3 is 2.82 bits per heavy atom. The summed E-state index contributed by atoms with van der Waals surface area (Å²) in [6, 6.07) is 11.1. The number of nitrogens with zero attached hydrogens (tertiary/aromatic N) is 1. The third-order valence-corrected chi connectivity index (χ3v) is 8.03. The van der Waals surface area contributed by atoms with Crippen molar-refractivity contribution < 1.29 is 23.1 Å². The lowest BCUT2D eigenvalue weighted by atomic mass is 10.0. The van der Waals surface area contributed by atoms with Crippen LogP contribution in [0, 0.1) is 0 Å². The normalized spacial score (nSPS) is 15.4. The van der Waals surface area contributed by atoms with Crippen LogP contribution in [0.4, 0.5) is 5.69 Å². The Kier molecular flexibility index (Phi) is 6.92. The smallest absolute Gasteiger partial charge is 0.304 e. The first kappa shape index (κ1) is 24.2. The molecule has 0 fully saturated rings. The number of nitrogens with one attached hydrogen (secondary N) is 1. The third kappa shape index (κ3) is 5.40. The minimum Gasteiger partial charge on any atom is -0.489 e. The molecular formula is C24H27N3O5S2. The van der Waals surface area contributed by atoms with Gasteiger partial charge in [0.25, 0.3) is 0 Å². The summed E-state index contributed by atoms with van der Waals surface area (Å²) in [5.41, 5.74) is 10.7. The van der Waals surface area contributed by atoms with Crippen molar-refractivity contribution in [3.63, 3.8) is 0 Å². The highest BCUT2D eigenvalue weighted by atomic mass is 32.2. The van der Waals surface area contributed by atoms with Crippen LogP contribution < -0.4 is 15.2 Å². The van der Waals surface area contributed by atoms with Crippen molar-refractivity contribution in [2.45, 2.75) is 45.3 Å². The predicted octanol–water partition coefficient (Wildman–Crippen LogP) is 4.23. The summed E-state index contributed by atoms with van der Waals surface area (Å²) in [6.45, 7) is 3.90. The van der Waals surface area contributed by atoms with Crippen molar-refractivity contribution in [3.05, 3.63) is 53.7 Å². The Hall–Kier alpha value is -2.95. The summed E-state index contributed by atoms with van der Waals surface area (Å²) in [5.74, 6) is -0.923. The fourth-order valence-corrected chi connectivity index (χ4v) is 6.28. The van der Waals surface area contributed by atoms with E-state index >= 15 is 0 Å². The van der Waals surface area contributed by atoms with Gasteiger partial charge < -0.3 is 15.6 Å². The number of hydrogen-bond acceptors (Lipinski definition) is 7. The quantitative estimate of drug-likeness (QED) is 0.374. The second-order valence-corrected chi connectivity index (χ2v) is 11.4. The molecule has 1 aromatic heterocycles. The zero-order valence-corrected chi connectivity index (χ0v) is 20.6. The van der Waals surface area contributed by atoms with Crippen LogP contribution in [0.25, 0.3) is 21.0 Å². The van der Waals surface area contributed by atoms with Gasteiger partial charge in [0.1, 0.15) is 10.8 Å². The van der Waals surface area contributed by atoms with Gasteiger partial charge in [-0.2, -0.15) is 0 Å². The number of aliphatic carboxylic acids is 1. The lowest BCUT2D eigenvalue weighted by Crippen LogP contribution is -2.30. The number of thiazole rings is 1. The largest absolute Gasteiger partial charge is 0.489 e. The molecule has 1 aliphatic rings. The summed E-state index contributed by atoms with van der Waals surface area (Å²) in [4.78, 5) is 16.3. The van der Waals surface area contributed by atoms with Gasteiger partial charge in [-0.1, -0.05) is 18.2 Å². The number of fused-ring (bicyclic) bond motifs is 1. The number of hydrogen-bond donors (Lipinski definition) is 3. The van der Waals surface area contributed by atoms with E-state index in [0.717, 1.165) is 38.6 Å². The van der Waals surface area contributed by atoms with Crippen LogP contribution in [0.3, 0.4) is 0 Å². The summed E-state index contributed by atoms with van der Waals surface area (Å²) in [7, 11) is -3.69. The fourth-order valence-electron chi connectivity index (χ4n) is 4.08. The molecule has 0 saturated carbocycles. The molecule has 2 aromatic carbocycles. The molecule has 0 amide bonds. The summed E-state index contributed by atoms with van der Waals surface area (Å²) in [6.07, 6.45) is 2.78. The molecule has 0 radical (unpaired) electrons. The van der Waals surface area contributed by atoms with Gasteiger partial charge >= 0.3 is 5.97 Å². The molecule has 3 aromatic rings. The number of anilines is 1. The molecule has 1 aliphatic carbocycles. The standard InChI is InChI=1S/C24H27N3O5S2/c1-14(2)32-21-9-6-15(12-19(21)25)24-26-13-22(33-24)18-5-3-4-17-16(18)7-8-20(17)27-34(30,31)11-10-23(28)29/h3-6,9,12-14,20,27H,7-8,10-11,25H2,1-2H3,(H,28,29)/t20-/m0/s1. The summed E-state index contributed by atoms with van der Waals surface area (Å²) in [5, 5.41) is 9.63. The van der Waals surface area contributed by atoms with Crippen molar-refractivity contribution >= 4 is 33.0 Å². The van der Waals surface area contributed by atoms with Crippen LogP contribution in [0.2, 0.25) is 0 Å². The lowest BCUT2D eigenvalue weighted by Gasteiger charge is -2.14. The maximum atomic E-state index is 12.3. The average Bonchev–Trinajstić information content (AvgIpc) is 3.41. The molecule has 1 atom stereocenters. The van der Waals surface area contributed by atoms with Gasteiger partial charge in [0.2, 0.25) is 10.0 Å². The second-order valence-electron chi connectivity index (χ2n) is 8.49. The number of rotatable bonds is 9. The maximum Gasteiger partial charge on any atom is 0.304 e. The molecule has 0 spiro atoms. The number of ether oxygens (including phenoxy) is 1. The molecule has 8 nitrogen and oxygen atoms in total. The molecule has 34 heavy (non-hydrogen) atoms. The van der Waals surface area contributed by atoms with Gasteiger partial charge in [0, 0.05) is 17.8 Å². The average molecular weight is 502 g/mol. The number of carboxylic acid groups (broad SMARTS) is 1. The van der Waals surface area contributed by atoms with Crippen molar-refractivity contribution in [2.24, 2.45) is 0 Å². The number of benzene rings is 2. The molecule has 0 unspecified atom stereocenters. The van der Waals surface area contributed by atoms with Crippen molar-refractivity contribution in [1.29, 1.82) is 0 Å². The zero-order chi connectivity index (χ0) is 24.5. The van der Waals surface area contributed by atoms with Gasteiger partial charge in [0.15, 0.2) is 0 Å². The van der Waals surface area contributed by atoms with Crippen LogP contribution in [0.15, 0.2) is 42.6 Å². The predicted molar refractivity (Wildman–Crippen MR) is 133 cm³/mol. The van der Waals surface area contributed by atoms with E-state index < -0.39 is 28.2 Å². The first-order valence-electron chi connectivity index (χ1n) is 11.0. The Morgan fingerprint density at radius 1 is 1.32 bits per heavy atom. The van der Waals surface area contributed by atoms with Crippen molar-refractivity contribution in [3.8, 4) is 26.8 Å². The number of carbonyl (C=O) groups is 1. The molecule has 10 heteroatoms. The SMILES string of the molecule is CC(C)Oc1ccc(-c2ncc(-c3cccc4c3CC[C@@H]4NS(=O)(=O)CCC(=O)O)s2)cc1N. The molecule has 1 heterocycles. The first-order chi connectivity index (χ1) is 16.1. The molecular weight excluding hydrogens is 474 g/mol. The van der Waals surface area contributed by atoms with E-state index in [1.807, 2.05) is 56.4 Å². The Balaban J connectivity index is 1.57. The van der Waals surface area contributed by atoms with E-state index in [0.29, 0.717) is 17.9 Å². The van der Waals surface area contributed by atoms with Crippen LogP contribution in [0.1, 0.15) is 43.9 Å². The summed E-state index contributed by atoms with van der Waals surface area (Å²) >= 11 is 1.55. The molecule has 180 valence electrons. The number of sulfonamides is 1. The van der Waals surface area contributed by atoms with E-state index in [1.54, 1.807) is 11.3 Å². The van der Waals surface area contributed by atoms with Gasteiger partial charge in [-0.05, 0) is 61.6 Å². The van der Waals surface area contributed by atoms with Crippen LogP contribution >= 0.6 is 11.3 Å². The number of nitrogens with two attached hydrogens (primary N) is 1. The molecule has 0 saturated heterocycles. The lowest BCUT2D eigenvalue weighted by molar-refractivity contribution is -0.136. The van der Waals surface area contributed by atoms with Crippen molar-refractivity contribution in [2.75, 3.05) is 11.5 Å². The highest BCUT2D eigenvalue weighted by molar-refractivity contribution is 7.89. The van der Waals surface area contributed by atoms with Gasteiger partial charge in [-0.15, -0.1) is 11.3 Å². The Labute approximate surface area is 202 Å². The maximum absolute atomic E-state index is 12.3. The second kappa shape index (κ2) is 9.73. The number of carboxylic acids is 1. The number of aromatic nitrogens is 1. The van der Waals surface area contributed by atoms with E-state index in [2.05, 4.69) is 9.71 Å². The van der Waals surface area contributed by atoms with Gasteiger partial charge in [-0.3, -0.25) is 4.79 Å². The van der Waals surface area contributed by atoms with E-state index in [1.165, 1.54) is 0 Å². The molecule has 4 rings (SSSR count). The third-order valence-electron chi connectivity index (χ3n) is 5.57. The Morgan fingerprint density at radius 2 is 2.12 bits per heavy atom. The fraction of sp³-hybridized carbons (Fsp3) is 0.333. The molecule has 0 bridgehead atoms. The number of nitrogen functional groups attached to an aromatic ring is 1. The topological polar surface area (TPSA) is 132 Å². The minimum atomic E-state index is -3.69. The van der Waals surface area contributed by atoms with Crippen LogP contribution in [0.5, 0.6) is 5.75 Å². The molecule has 0 aliphatic heterocycles. The highest BCUT2D eigenvalue weighted by Crippen LogP contribution is 2.41. The first-order valence-corrected chi connectivity index (χ1v) is 13.5. The van der Waals surface area contributed by atoms with Crippen molar-refractivity contribution in [1.82, 2.24) is 9.71 Å². The van der Waals surface area contributed by atoms with Crippen LogP contribution in [-0.2, 0) is 21.2 Å². The van der Waals surface area contributed by atoms with Crippen LogP contribution in [-0.4, -0.2) is 36.3 Å². The van der Waals surface area contributed by atoms with Gasteiger partial charge in [-0.25, -0.2) is 18.1 Å². The zero-order valence-electron chi connectivity index (χ0n) is 18.9. The van der Waals surface area contributed by atoms with E-state index in [-0.39, 0.29) is 12.1 Å². The van der Waals surface area contributed by atoms with E-state index in [4.69, 9.17) is 15.6 Å². The summed E-state index contributed by atoms with van der Waals surface area (Å²) < 4.78 is 33.0. The minimum absolute atomic E-state index is 0.0327. The Bertz CT molecular complexity index is 1320. The molecule has 4 N–H and O–H groups in total.